The molecule has 1 aliphatic heterocycles. The summed E-state index contributed by atoms with van der Waals surface area (Å²) in [7, 11) is -1.83. The second kappa shape index (κ2) is 6.96. The SMILES string of the molecule is Cn1ccnc1S(=O)(=O)N1CCC(COc2cc(C3CC3)ncn2)CC1. The molecule has 2 aliphatic rings. The minimum atomic E-state index is -3.52. The van der Waals surface area contributed by atoms with Gasteiger partial charge < -0.3 is 9.30 Å². The third-order valence-corrected chi connectivity index (χ3v) is 6.95. The molecule has 0 bridgehead atoms. The van der Waals surface area contributed by atoms with Crippen LogP contribution in [0.25, 0.3) is 0 Å². The van der Waals surface area contributed by atoms with Crippen molar-refractivity contribution in [2.45, 2.75) is 36.8 Å². The van der Waals surface area contributed by atoms with Crippen LogP contribution in [0, 0.1) is 5.92 Å². The zero-order valence-electron chi connectivity index (χ0n) is 14.8. The number of aromatic nitrogens is 4. The van der Waals surface area contributed by atoms with E-state index >= 15 is 0 Å². The van der Waals surface area contributed by atoms with Gasteiger partial charge in [0, 0.05) is 44.5 Å². The molecule has 0 spiro atoms. The van der Waals surface area contributed by atoms with Crippen LogP contribution in [0.4, 0.5) is 0 Å². The van der Waals surface area contributed by atoms with Crippen LogP contribution in [0.5, 0.6) is 5.88 Å². The van der Waals surface area contributed by atoms with E-state index in [2.05, 4.69) is 15.0 Å². The molecule has 0 radical (unpaired) electrons. The lowest BCUT2D eigenvalue weighted by Crippen LogP contribution is -2.40. The molecule has 3 heterocycles. The van der Waals surface area contributed by atoms with Crippen LogP contribution >= 0.6 is 0 Å². The van der Waals surface area contributed by atoms with E-state index in [4.69, 9.17) is 4.74 Å². The highest BCUT2D eigenvalue weighted by atomic mass is 32.2. The van der Waals surface area contributed by atoms with Gasteiger partial charge in [-0.15, -0.1) is 0 Å². The quantitative estimate of drug-likeness (QED) is 0.759. The Balaban J connectivity index is 1.31. The van der Waals surface area contributed by atoms with Gasteiger partial charge in [-0.05, 0) is 31.6 Å². The third kappa shape index (κ3) is 3.59. The Hall–Kier alpha value is -2.00. The lowest BCUT2D eigenvalue weighted by molar-refractivity contribution is 0.180. The fourth-order valence-electron chi connectivity index (χ4n) is 3.27. The second-order valence-corrected chi connectivity index (χ2v) is 8.87. The first-order valence-electron chi connectivity index (χ1n) is 8.96. The van der Waals surface area contributed by atoms with E-state index in [9.17, 15) is 8.42 Å². The lowest BCUT2D eigenvalue weighted by atomic mass is 9.99. The van der Waals surface area contributed by atoms with Crippen molar-refractivity contribution in [1.29, 1.82) is 0 Å². The molecule has 0 unspecified atom stereocenters. The normalized spacial score (nSPS) is 19.6. The van der Waals surface area contributed by atoms with Gasteiger partial charge >= 0.3 is 0 Å². The molecule has 0 atom stereocenters. The van der Waals surface area contributed by atoms with E-state index in [0.717, 1.165) is 18.5 Å². The summed E-state index contributed by atoms with van der Waals surface area (Å²) in [5.41, 5.74) is 1.06. The number of hydrogen-bond acceptors (Lipinski definition) is 6. The monoisotopic (exact) mass is 377 g/mol. The molecule has 1 aliphatic carbocycles. The number of nitrogens with zero attached hydrogens (tertiary/aromatic N) is 5. The van der Waals surface area contributed by atoms with Crippen molar-refractivity contribution in [2.75, 3.05) is 19.7 Å². The molecule has 1 saturated carbocycles. The Kier molecular flexibility index (Phi) is 4.66. The zero-order chi connectivity index (χ0) is 18.1. The number of piperidine rings is 1. The molecule has 8 nitrogen and oxygen atoms in total. The van der Waals surface area contributed by atoms with Crippen LogP contribution < -0.4 is 4.74 Å². The second-order valence-electron chi connectivity index (χ2n) is 7.03. The molecule has 0 aromatic carbocycles. The van der Waals surface area contributed by atoms with E-state index < -0.39 is 10.0 Å². The van der Waals surface area contributed by atoms with Crippen LogP contribution in [-0.4, -0.2) is 51.9 Å². The number of imidazole rings is 1. The Morgan fingerprint density at radius 2 is 1.92 bits per heavy atom. The molecule has 2 aromatic heterocycles. The highest BCUT2D eigenvalue weighted by molar-refractivity contribution is 7.89. The first-order chi connectivity index (χ1) is 12.5. The van der Waals surface area contributed by atoms with Gasteiger partial charge in [0.15, 0.2) is 0 Å². The molecular weight excluding hydrogens is 354 g/mol. The Morgan fingerprint density at radius 3 is 2.58 bits per heavy atom. The van der Waals surface area contributed by atoms with Gasteiger partial charge in [0.25, 0.3) is 10.0 Å². The fraction of sp³-hybridized carbons (Fsp3) is 0.588. The molecule has 9 heteroatoms. The fourth-order valence-corrected chi connectivity index (χ4v) is 4.81. The smallest absolute Gasteiger partial charge is 0.276 e. The Morgan fingerprint density at radius 1 is 1.15 bits per heavy atom. The maximum Gasteiger partial charge on any atom is 0.276 e. The highest BCUT2D eigenvalue weighted by Crippen LogP contribution is 2.39. The maximum absolute atomic E-state index is 12.7. The molecule has 26 heavy (non-hydrogen) atoms. The number of rotatable bonds is 6. The predicted octanol–water partition coefficient (Wildman–Crippen LogP) is 1.57. The van der Waals surface area contributed by atoms with Crippen molar-refractivity contribution >= 4 is 10.0 Å². The first-order valence-corrected chi connectivity index (χ1v) is 10.4. The Bertz CT molecular complexity index is 870. The summed E-state index contributed by atoms with van der Waals surface area (Å²) in [6.07, 6.45) is 8.63. The van der Waals surface area contributed by atoms with E-state index in [-0.39, 0.29) is 5.16 Å². The lowest BCUT2D eigenvalue weighted by Gasteiger charge is -2.30. The van der Waals surface area contributed by atoms with Crippen LogP contribution in [-0.2, 0) is 17.1 Å². The average molecular weight is 377 g/mol. The zero-order valence-corrected chi connectivity index (χ0v) is 15.6. The minimum absolute atomic E-state index is 0.0980. The topological polar surface area (TPSA) is 90.2 Å². The average Bonchev–Trinajstić information content (AvgIpc) is 3.41. The summed E-state index contributed by atoms with van der Waals surface area (Å²) in [5, 5.41) is 0.0980. The standard InChI is InChI=1S/C17H23N5O3S/c1-21-9-6-18-17(21)26(23,24)22-7-4-13(5-8-22)11-25-16-10-15(14-2-3-14)19-12-20-16/h6,9-10,12-14H,2-5,7-8,11H2,1H3. The molecule has 0 amide bonds. The van der Waals surface area contributed by atoms with Gasteiger partial charge in [-0.1, -0.05) is 0 Å². The molecule has 0 N–H and O–H groups in total. The number of sulfonamides is 1. The van der Waals surface area contributed by atoms with Crippen molar-refractivity contribution in [3.05, 3.63) is 30.5 Å². The van der Waals surface area contributed by atoms with Gasteiger partial charge in [-0.2, -0.15) is 4.31 Å². The van der Waals surface area contributed by atoms with E-state index in [0.29, 0.717) is 37.4 Å². The summed E-state index contributed by atoms with van der Waals surface area (Å²) in [6, 6.07) is 1.93. The van der Waals surface area contributed by atoms with Crippen LogP contribution in [0.3, 0.4) is 0 Å². The van der Waals surface area contributed by atoms with Gasteiger partial charge in [0.2, 0.25) is 11.0 Å². The number of ether oxygens (including phenoxy) is 1. The van der Waals surface area contributed by atoms with Crippen LogP contribution in [0.2, 0.25) is 0 Å². The molecule has 1 saturated heterocycles. The molecule has 2 fully saturated rings. The minimum Gasteiger partial charge on any atom is -0.477 e. The van der Waals surface area contributed by atoms with Crippen molar-refractivity contribution in [3.63, 3.8) is 0 Å². The summed E-state index contributed by atoms with van der Waals surface area (Å²) < 4.78 is 34.2. The van der Waals surface area contributed by atoms with Crippen molar-refractivity contribution in [3.8, 4) is 5.88 Å². The van der Waals surface area contributed by atoms with Crippen LogP contribution in [0.1, 0.15) is 37.3 Å². The summed E-state index contributed by atoms with van der Waals surface area (Å²) in [5.74, 6) is 1.51. The van der Waals surface area contributed by atoms with E-state index in [1.54, 1.807) is 19.6 Å². The molecule has 4 rings (SSSR count). The van der Waals surface area contributed by atoms with Crippen LogP contribution in [0.15, 0.2) is 29.9 Å². The molecule has 2 aromatic rings. The highest BCUT2D eigenvalue weighted by Gasteiger charge is 2.32. The summed E-state index contributed by atoms with van der Waals surface area (Å²) in [6.45, 7) is 1.53. The van der Waals surface area contributed by atoms with Gasteiger partial charge in [-0.3, -0.25) is 0 Å². The largest absolute Gasteiger partial charge is 0.477 e. The van der Waals surface area contributed by atoms with Gasteiger partial charge in [-0.25, -0.2) is 23.4 Å². The predicted molar refractivity (Wildman–Crippen MR) is 94.2 cm³/mol. The maximum atomic E-state index is 12.7. The van der Waals surface area contributed by atoms with E-state index in [1.165, 1.54) is 27.9 Å². The molecular formula is C17H23N5O3S. The summed E-state index contributed by atoms with van der Waals surface area (Å²) in [4.78, 5) is 12.5. The van der Waals surface area contributed by atoms with E-state index in [1.807, 2.05) is 6.07 Å². The number of hydrogen-bond donors (Lipinski definition) is 0. The number of aryl methyl sites for hydroxylation is 1. The molecule has 140 valence electrons. The van der Waals surface area contributed by atoms with Crippen molar-refractivity contribution < 1.29 is 13.2 Å². The first kappa shape index (κ1) is 17.4. The van der Waals surface area contributed by atoms with Gasteiger partial charge in [0.05, 0.1) is 12.3 Å². The third-order valence-electron chi connectivity index (χ3n) is 5.05. The van der Waals surface area contributed by atoms with Crippen molar-refractivity contribution in [2.24, 2.45) is 13.0 Å². The Labute approximate surface area is 153 Å². The van der Waals surface area contributed by atoms with Gasteiger partial charge in [0.1, 0.15) is 6.33 Å². The van der Waals surface area contributed by atoms with Crippen molar-refractivity contribution in [1.82, 2.24) is 23.8 Å². The summed E-state index contributed by atoms with van der Waals surface area (Å²) >= 11 is 0.